The maximum atomic E-state index is 15.4. The number of hydrogen-bond acceptors (Lipinski definition) is 7. The summed E-state index contributed by atoms with van der Waals surface area (Å²) in [5.41, 5.74) is 0.386. The van der Waals surface area contributed by atoms with Gasteiger partial charge >= 0.3 is 6.09 Å². The summed E-state index contributed by atoms with van der Waals surface area (Å²) in [6, 6.07) is 14.8. The van der Waals surface area contributed by atoms with Crippen molar-refractivity contribution in [2.75, 3.05) is 32.1 Å². The number of nitrogens with zero attached hydrogens (tertiary/aromatic N) is 2. The van der Waals surface area contributed by atoms with Gasteiger partial charge in [-0.3, -0.25) is 9.78 Å². The van der Waals surface area contributed by atoms with Gasteiger partial charge in [-0.2, -0.15) is 4.31 Å². The van der Waals surface area contributed by atoms with Crippen molar-refractivity contribution in [1.29, 1.82) is 0 Å². The van der Waals surface area contributed by atoms with Crippen LogP contribution in [0, 0.1) is 17.5 Å². The summed E-state index contributed by atoms with van der Waals surface area (Å²) >= 11 is 6.08. The van der Waals surface area contributed by atoms with Gasteiger partial charge in [-0.05, 0) is 60.4 Å². The van der Waals surface area contributed by atoms with Crippen molar-refractivity contribution in [3.05, 3.63) is 124 Å². The lowest BCUT2D eigenvalue weighted by Crippen LogP contribution is -2.53. The standard InChI is InChI=1S/C34H33ClF3N5O5S/c1-48-34(45)42-32(31(21-7-9-23(35)10-8-21)22-15-24(36)17-25(37)16-22)33(44)41-30-20-40-19-29(38)28(30)12-11-26-18-39-13-14-43(26)49(46,47)27-5-3-2-4-6-27/h2-10,15-17,19-20,26,31-32,39H,11-14,18H2,1H3,(H,41,44)(H,42,45)/t26-,31-,32-/m0/s1. The van der Waals surface area contributed by atoms with Crippen molar-refractivity contribution in [2.24, 2.45) is 0 Å². The van der Waals surface area contributed by atoms with Gasteiger partial charge in [0.1, 0.15) is 23.5 Å². The predicted octanol–water partition coefficient (Wildman–Crippen LogP) is 5.24. The number of aromatic nitrogens is 1. The Bertz CT molecular complexity index is 1880. The van der Waals surface area contributed by atoms with Crippen molar-refractivity contribution in [3.63, 3.8) is 0 Å². The molecule has 0 spiro atoms. The SMILES string of the molecule is COC(=O)N[C@H](C(=O)Nc1cncc(F)c1CC[C@H]1CNCCN1S(=O)(=O)c1ccccc1)[C@@H](c1ccc(Cl)cc1)c1cc(F)cc(F)c1. The second-order valence-corrected chi connectivity index (χ2v) is 13.6. The number of carbonyl (C=O) groups excluding carboxylic acids is 2. The van der Waals surface area contributed by atoms with Crippen LogP contribution in [-0.2, 0) is 26.0 Å². The van der Waals surface area contributed by atoms with E-state index in [2.05, 4.69) is 20.9 Å². The molecule has 1 saturated heterocycles. The second-order valence-electron chi connectivity index (χ2n) is 11.3. The quantitative estimate of drug-likeness (QED) is 0.194. The minimum absolute atomic E-state index is 0.00193. The third-order valence-electron chi connectivity index (χ3n) is 8.18. The van der Waals surface area contributed by atoms with Gasteiger partial charge in [0.05, 0.1) is 30.1 Å². The number of piperazine rings is 1. The molecule has 5 rings (SSSR count). The Balaban J connectivity index is 1.46. The summed E-state index contributed by atoms with van der Waals surface area (Å²) in [6.07, 6.45) is 1.36. The molecule has 3 atom stereocenters. The zero-order chi connectivity index (χ0) is 35.1. The molecule has 0 unspecified atom stereocenters. The van der Waals surface area contributed by atoms with Crippen LogP contribution in [0.1, 0.15) is 29.0 Å². The van der Waals surface area contributed by atoms with Crippen molar-refractivity contribution < 1.29 is 35.9 Å². The average Bonchev–Trinajstić information content (AvgIpc) is 3.08. The molecule has 1 aliphatic rings. The Kier molecular flexibility index (Phi) is 11.5. The van der Waals surface area contributed by atoms with E-state index in [0.29, 0.717) is 29.7 Å². The minimum Gasteiger partial charge on any atom is -0.453 e. The van der Waals surface area contributed by atoms with Crippen LogP contribution in [0.4, 0.5) is 23.7 Å². The number of amides is 2. The Hall–Kier alpha value is -4.50. The average molecular weight is 716 g/mol. The molecule has 2 amide bonds. The van der Waals surface area contributed by atoms with Gasteiger partial charge in [0.25, 0.3) is 0 Å². The Morgan fingerprint density at radius 2 is 1.71 bits per heavy atom. The number of carbonyl (C=O) groups is 2. The Labute approximate surface area is 286 Å². The number of pyridine rings is 1. The largest absolute Gasteiger partial charge is 0.453 e. The first-order valence-electron chi connectivity index (χ1n) is 15.2. The maximum absolute atomic E-state index is 15.4. The van der Waals surface area contributed by atoms with E-state index in [1.165, 1.54) is 46.9 Å². The van der Waals surface area contributed by atoms with E-state index in [4.69, 9.17) is 16.3 Å². The third-order valence-corrected chi connectivity index (χ3v) is 10.4. The summed E-state index contributed by atoms with van der Waals surface area (Å²) in [5, 5.41) is 8.61. The molecule has 1 aromatic heterocycles. The lowest BCUT2D eigenvalue weighted by molar-refractivity contribution is -0.118. The first kappa shape index (κ1) is 35.8. The molecule has 3 N–H and O–H groups in total. The summed E-state index contributed by atoms with van der Waals surface area (Å²) in [5.74, 6) is -4.63. The predicted molar refractivity (Wildman–Crippen MR) is 177 cm³/mol. The fourth-order valence-electron chi connectivity index (χ4n) is 5.87. The summed E-state index contributed by atoms with van der Waals surface area (Å²) < 4.78 is 77.5. The Morgan fingerprint density at radius 3 is 2.39 bits per heavy atom. The van der Waals surface area contributed by atoms with E-state index in [0.717, 1.165) is 25.4 Å². The van der Waals surface area contributed by atoms with E-state index in [1.54, 1.807) is 18.2 Å². The van der Waals surface area contributed by atoms with Gasteiger partial charge in [0, 0.05) is 48.2 Å². The molecule has 10 nitrogen and oxygen atoms in total. The molecule has 1 fully saturated rings. The third kappa shape index (κ3) is 8.57. The minimum atomic E-state index is -3.85. The number of alkyl carbamates (subject to hydrolysis) is 1. The van der Waals surface area contributed by atoms with Gasteiger partial charge in [-0.1, -0.05) is 41.9 Å². The lowest BCUT2D eigenvalue weighted by atomic mass is 9.84. The van der Waals surface area contributed by atoms with Crippen LogP contribution in [0.2, 0.25) is 5.02 Å². The molecule has 0 radical (unpaired) electrons. The highest BCUT2D eigenvalue weighted by Crippen LogP contribution is 2.32. The summed E-state index contributed by atoms with van der Waals surface area (Å²) in [7, 11) is -2.76. The van der Waals surface area contributed by atoms with E-state index in [9.17, 15) is 26.8 Å². The highest BCUT2D eigenvalue weighted by atomic mass is 35.5. The monoisotopic (exact) mass is 715 g/mol. The number of anilines is 1. The number of methoxy groups -OCH3 is 1. The van der Waals surface area contributed by atoms with Gasteiger partial charge in [0.15, 0.2) is 0 Å². The van der Waals surface area contributed by atoms with E-state index < -0.39 is 57.5 Å². The van der Waals surface area contributed by atoms with E-state index in [1.807, 2.05) is 0 Å². The van der Waals surface area contributed by atoms with Crippen LogP contribution in [0.5, 0.6) is 0 Å². The maximum Gasteiger partial charge on any atom is 0.407 e. The van der Waals surface area contributed by atoms with Crippen LogP contribution in [0.15, 0.2) is 90.1 Å². The van der Waals surface area contributed by atoms with Crippen molar-refractivity contribution >= 4 is 39.3 Å². The van der Waals surface area contributed by atoms with E-state index in [-0.39, 0.29) is 41.1 Å². The van der Waals surface area contributed by atoms with Crippen molar-refractivity contribution in [1.82, 2.24) is 19.9 Å². The molecule has 1 aliphatic heterocycles. The van der Waals surface area contributed by atoms with Crippen LogP contribution >= 0.6 is 11.6 Å². The number of ether oxygens (including phenoxy) is 1. The molecule has 0 bridgehead atoms. The Morgan fingerprint density at radius 1 is 1.02 bits per heavy atom. The number of benzene rings is 3. The molecule has 15 heteroatoms. The van der Waals surface area contributed by atoms with Crippen molar-refractivity contribution in [2.45, 2.75) is 35.7 Å². The summed E-state index contributed by atoms with van der Waals surface area (Å²) in [6.45, 7) is 0.961. The second kappa shape index (κ2) is 15.8. The number of hydrogen-bond donors (Lipinski definition) is 3. The molecule has 258 valence electrons. The molecule has 2 heterocycles. The number of nitrogens with one attached hydrogen (secondary N) is 3. The lowest BCUT2D eigenvalue weighted by Gasteiger charge is -2.35. The van der Waals surface area contributed by atoms with Gasteiger partial charge < -0.3 is 20.7 Å². The topological polar surface area (TPSA) is 130 Å². The molecule has 4 aromatic rings. The van der Waals surface area contributed by atoms with Crippen LogP contribution < -0.4 is 16.0 Å². The van der Waals surface area contributed by atoms with Crippen molar-refractivity contribution in [3.8, 4) is 0 Å². The fourth-order valence-corrected chi connectivity index (χ4v) is 7.67. The molecule has 0 saturated carbocycles. The molecular weight excluding hydrogens is 683 g/mol. The first-order chi connectivity index (χ1) is 23.5. The van der Waals surface area contributed by atoms with Crippen LogP contribution in [-0.4, -0.2) is 68.5 Å². The normalized spacial score (nSPS) is 16.4. The number of sulfonamides is 1. The highest BCUT2D eigenvalue weighted by Gasteiger charge is 2.36. The van der Waals surface area contributed by atoms with Gasteiger partial charge in [-0.15, -0.1) is 0 Å². The smallest absolute Gasteiger partial charge is 0.407 e. The van der Waals surface area contributed by atoms with Gasteiger partial charge in [0.2, 0.25) is 15.9 Å². The summed E-state index contributed by atoms with van der Waals surface area (Å²) in [4.78, 5) is 30.6. The molecule has 3 aromatic carbocycles. The number of halogens is 4. The molecule has 49 heavy (non-hydrogen) atoms. The number of rotatable bonds is 11. The van der Waals surface area contributed by atoms with Crippen LogP contribution in [0.3, 0.4) is 0 Å². The zero-order valence-electron chi connectivity index (χ0n) is 26.2. The zero-order valence-corrected chi connectivity index (χ0v) is 27.8. The highest BCUT2D eigenvalue weighted by molar-refractivity contribution is 7.89. The first-order valence-corrected chi connectivity index (χ1v) is 17.1. The molecular formula is C34H33ClF3N5O5S. The fraction of sp³-hybridized carbons (Fsp3) is 0.265. The van der Waals surface area contributed by atoms with Gasteiger partial charge in [-0.25, -0.2) is 26.4 Å². The molecule has 0 aliphatic carbocycles. The van der Waals surface area contributed by atoms with E-state index >= 15 is 4.39 Å². The van der Waals surface area contributed by atoms with Crippen LogP contribution in [0.25, 0.3) is 0 Å².